The van der Waals surface area contributed by atoms with E-state index >= 15 is 0 Å². The SMILES string of the molecule is C=CCn1c(SC(C(=O)Nc2cc(C)ccc2C)c2ccccc2)nnc1-c1ccc(OC)cc1. The van der Waals surface area contributed by atoms with Crippen LogP contribution in [0.5, 0.6) is 5.75 Å². The van der Waals surface area contributed by atoms with E-state index in [-0.39, 0.29) is 5.91 Å². The van der Waals surface area contributed by atoms with Gasteiger partial charge in [0, 0.05) is 17.8 Å². The molecule has 0 aliphatic carbocycles. The Morgan fingerprint density at radius 1 is 1.09 bits per heavy atom. The van der Waals surface area contributed by atoms with Gasteiger partial charge in [0.15, 0.2) is 11.0 Å². The lowest BCUT2D eigenvalue weighted by Gasteiger charge is -2.18. The largest absolute Gasteiger partial charge is 0.497 e. The van der Waals surface area contributed by atoms with Gasteiger partial charge in [-0.3, -0.25) is 9.36 Å². The van der Waals surface area contributed by atoms with Crippen molar-refractivity contribution in [3.05, 3.63) is 102 Å². The number of thioether (sulfide) groups is 1. The van der Waals surface area contributed by atoms with E-state index in [1.807, 2.05) is 91.2 Å². The van der Waals surface area contributed by atoms with Crippen molar-refractivity contribution in [2.75, 3.05) is 12.4 Å². The van der Waals surface area contributed by atoms with Crippen molar-refractivity contribution in [1.29, 1.82) is 0 Å². The lowest BCUT2D eigenvalue weighted by Crippen LogP contribution is -2.20. The molecule has 7 heteroatoms. The fourth-order valence-corrected chi connectivity index (χ4v) is 4.74. The summed E-state index contributed by atoms with van der Waals surface area (Å²) in [7, 11) is 1.64. The third-order valence-corrected chi connectivity index (χ3v) is 6.83. The van der Waals surface area contributed by atoms with E-state index in [0.29, 0.717) is 17.5 Å². The quantitative estimate of drug-likeness (QED) is 0.225. The highest BCUT2D eigenvalue weighted by Crippen LogP contribution is 2.37. The zero-order chi connectivity index (χ0) is 24.8. The number of aryl methyl sites for hydroxylation is 2. The Hall–Kier alpha value is -3.84. The summed E-state index contributed by atoms with van der Waals surface area (Å²) in [6.07, 6.45) is 1.80. The fraction of sp³-hybridized carbons (Fsp3) is 0.179. The number of hydrogen-bond donors (Lipinski definition) is 1. The fourth-order valence-electron chi connectivity index (χ4n) is 3.70. The molecule has 4 aromatic rings. The Bertz CT molecular complexity index is 1320. The van der Waals surface area contributed by atoms with Gasteiger partial charge >= 0.3 is 0 Å². The van der Waals surface area contributed by atoms with Crippen LogP contribution in [0.1, 0.15) is 21.9 Å². The first-order valence-electron chi connectivity index (χ1n) is 11.3. The van der Waals surface area contributed by atoms with Crippen molar-refractivity contribution in [1.82, 2.24) is 14.8 Å². The van der Waals surface area contributed by atoms with E-state index in [2.05, 4.69) is 22.1 Å². The first kappa shape index (κ1) is 24.3. The third kappa shape index (κ3) is 5.63. The van der Waals surface area contributed by atoms with E-state index in [0.717, 1.165) is 33.7 Å². The predicted molar refractivity (Wildman–Crippen MR) is 142 cm³/mol. The smallest absolute Gasteiger partial charge is 0.242 e. The molecule has 178 valence electrons. The summed E-state index contributed by atoms with van der Waals surface area (Å²) in [6, 6.07) is 23.4. The van der Waals surface area contributed by atoms with Gasteiger partial charge in [0.25, 0.3) is 0 Å². The van der Waals surface area contributed by atoms with Gasteiger partial charge in [-0.05, 0) is 60.9 Å². The molecule has 1 unspecified atom stereocenters. The first-order chi connectivity index (χ1) is 17.0. The van der Waals surface area contributed by atoms with Gasteiger partial charge in [-0.1, -0.05) is 60.3 Å². The molecule has 4 rings (SSSR count). The van der Waals surface area contributed by atoms with E-state index in [9.17, 15) is 4.79 Å². The van der Waals surface area contributed by atoms with Crippen LogP contribution in [0.3, 0.4) is 0 Å². The zero-order valence-corrected chi connectivity index (χ0v) is 20.9. The Morgan fingerprint density at radius 2 is 1.83 bits per heavy atom. The van der Waals surface area contributed by atoms with Crippen molar-refractivity contribution in [2.45, 2.75) is 30.8 Å². The summed E-state index contributed by atoms with van der Waals surface area (Å²) in [4.78, 5) is 13.6. The second-order valence-corrected chi connectivity index (χ2v) is 9.22. The molecule has 1 heterocycles. The van der Waals surface area contributed by atoms with Crippen LogP contribution in [0.4, 0.5) is 5.69 Å². The number of nitrogens with zero attached hydrogens (tertiary/aromatic N) is 3. The van der Waals surface area contributed by atoms with E-state index in [1.165, 1.54) is 11.8 Å². The highest BCUT2D eigenvalue weighted by Gasteiger charge is 2.26. The summed E-state index contributed by atoms with van der Waals surface area (Å²) in [5, 5.41) is 12.1. The number of anilines is 1. The molecule has 1 aromatic heterocycles. The highest BCUT2D eigenvalue weighted by molar-refractivity contribution is 8.00. The van der Waals surface area contributed by atoms with Crippen molar-refractivity contribution in [3.8, 4) is 17.1 Å². The number of rotatable bonds is 9. The molecule has 0 radical (unpaired) electrons. The van der Waals surface area contributed by atoms with Gasteiger partial charge in [-0.25, -0.2) is 0 Å². The first-order valence-corrected chi connectivity index (χ1v) is 12.2. The lowest BCUT2D eigenvalue weighted by molar-refractivity contribution is -0.115. The molecular formula is C28H28N4O2S. The van der Waals surface area contributed by atoms with Crippen molar-refractivity contribution < 1.29 is 9.53 Å². The van der Waals surface area contributed by atoms with Crippen LogP contribution >= 0.6 is 11.8 Å². The molecule has 1 atom stereocenters. The van der Waals surface area contributed by atoms with Gasteiger partial charge in [0.2, 0.25) is 5.91 Å². The number of methoxy groups -OCH3 is 1. The van der Waals surface area contributed by atoms with Crippen LogP contribution in [0.25, 0.3) is 11.4 Å². The summed E-state index contributed by atoms with van der Waals surface area (Å²) in [5.74, 6) is 1.36. The normalized spacial score (nSPS) is 11.6. The average molecular weight is 485 g/mol. The molecule has 0 fully saturated rings. The molecule has 1 amide bonds. The molecule has 6 nitrogen and oxygen atoms in total. The number of ether oxygens (including phenoxy) is 1. The van der Waals surface area contributed by atoms with Crippen molar-refractivity contribution >= 4 is 23.4 Å². The monoisotopic (exact) mass is 484 g/mol. The summed E-state index contributed by atoms with van der Waals surface area (Å²) in [6.45, 7) is 8.41. The van der Waals surface area contributed by atoms with Gasteiger partial charge in [-0.2, -0.15) is 0 Å². The Balaban J connectivity index is 1.69. The summed E-state index contributed by atoms with van der Waals surface area (Å²) in [5.41, 5.74) is 4.70. The molecule has 0 aliphatic rings. The molecule has 3 aromatic carbocycles. The lowest BCUT2D eigenvalue weighted by atomic mass is 10.1. The second kappa shape index (κ2) is 11.1. The molecule has 0 bridgehead atoms. The third-order valence-electron chi connectivity index (χ3n) is 5.59. The molecule has 1 N–H and O–H groups in total. The average Bonchev–Trinajstić information content (AvgIpc) is 3.27. The molecule has 0 saturated heterocycles. The van der Waals surface area contributed by atoms with E-state index in [1.54, 1.807) is 13.2 Å². The number of hydrogen-bond acceptors (Lipinski definition) is 5. The second-order valence-electron chi connectivity index (χ2n) is 8.15. The number of aromatic nitrogens is 3. The number of amides is 1. The zero-order valence-electron chi connectivity index (χ0n) is 20.1. The maximum Gasteiger partial charge on any atom is 0.242 e. The van der Waals surface area contributed by atoms with Gasteiger partial charge in [-0.15, -0.1) is 16.8 Å². The van der Waals surface area contributed by atoms with Gasteiger partial charge < -0.3 is 10.1 Å². The van der Waals surface area contributed by atoms with Crippen LogP contribution in [-0.2, 0) is 11.3 Å². The number of allylic oxidation sites excluding steroid dienone is 1. The van der Waals surface area contributed by atoms with Gasteiger partial charge in [0.1, 0.15) is 11.0 Å². The minimum atomic E-state index is -0.521. The predicted octanol–water partition coefficient (Wildman–Crippen LogP) is 6.23. The minimum absolute atomic E-state index is 0.117. The maximum atomic E-state index is 13.6. The Labute approximate surface area is 210 Å². The van der Waals surface area contributed by atoms with Crippen molar-refractivity contribution in [2.24, 2.45) is 0 Å². The van der Waals surface area contributed by atoms with E-state index < -0.39 is 5.25 Å². The van der Waals surface area contributed by atoms with Crippen LogP contribution in [0.2, 0.25) is 0 Å². The van der Waals surface area contributed by atoms with E-state index in [4.69, 9.17) is 4.74 Å². The minimum Gasteiger partial charge on any atom is -0.497 e. The molecule has 0 spiro atoms. The topological polar surface area (TPSA) is 69.0 Å². The van der Waals surface area contributed by atoms with Crippen molar-refractivity contribution in [3.63, 3.8) is 0 Å². The maximum absolute atomic E-state index is 13.6. The summed E-state index contributed by atoms with van der Waals surface area (Å²) < 4.78 is 7.25. The molecular weight excluding hydrogens is 456 g/mol. The number of carbonyl (C=O) groups is 1. The highest BCUT2D eigenvalue weighted by atomic mass is 32.2. The number of carbonyl (C=O) groups excluding carboxylic acids is 1. The molecule has 35 heavy (non-hydrogen) atoms. The molecule has 0 saturated carbocycles. The Morgan fingerprint density at radius 3 is 2.51 bits per heavy atom. The van der Waals surface area contributed by atoms with Crippen LogP contribution in [0, 0.1) is 13.8 Å². The number of benzene rings is 3. The standard InChI is InChI=1S/C28H28N4O2S/c1-5-17-32-26(22-13-15-23(34-4)16-14-22)30-31-28(32)35-25(21-9-7-6-8-10-21)27(33)29-24-18-19(2)11-12-20(24)3/h5-16,18,25H,1,17H2,2-4H3,(H,29,33). The summed E-state index contributed by atoms with van der Waals surface area (Å²) >= 11 is 1.37. The Kier molecular flexibility index (Phi) is 7.67. The van der Waals surface area contributed by atoms with Gasteiger partial charge in [0.05, 0.1) is 7.11 Å². The van der Waals surface area contributed by atoms with Crippen LogP contribution < -0.4 is 10.1 Å². The van der Waals surface area contributed by atoms with Crippen LogP contribution in [-0.4, -0.2) is 27.8 Å². The molecule has 0 aliphatic heterocycles. The number of nitrogens with one attached hydrogen (secondary N) is 1. The van der Waals surface area contributed by atoms with Crippen LogP contribution in [0.15, 0.2) is 90.6 Å².